The fraction of sp³-hybridized carbons (Fsp3) is 0.413. The number of hydrogen-bond acceptors (Lipinski definition) is 15. The smallest absolute Gasteiger partial charge is 0.303 e. The first kappa shape index (κ1) is 83.1. The molecular weight excluding hydrogens is 1200 g/mol. The zero-order valence-electron chi connectivity index (χ0n) is 54.8. The average molecular weight is 1300 g/mol. The Morgan fingerprint density at radius 2 is 0.500 bits per heavy atom. The fourth-order valence-electron chi connectivity index (χ4n) is 9.08. The summed E-state index contributed by atoms with van der Waals surface area (Å²) >= 11 is 0. The van der Waals surface area contributed by atoms with Gasteiger partial charge in [0.15, 0.2) is 0 Å². The zero-order valence-corrected chi connectivity index (χ0v) is 54.8. The molecule has 0 heterocycles. The Morgan fingerprint density at radius 3 is 0.809 bits per heavy atom. The number of aliphatic hydroxyl groups excluding tert-OH is 4. The second-order valence-electron chi connectivity index (χ2n) is 21.6. The number of aryl methyl sites for hydroxylation is 12. The largest absolute Gasteiger partial charge is 0.496 e. The molecule has 0 aliphatic rings. The molecule has 6 aromatic carbocycles. The minimum atomic E-state index is -0.855. The third kappa shape index (κ3) is 40.2. The number of carbonyl (C=O) groups is 8. The molecule has 0 aliphatic heterocycles. The lowest BCUT2D eigenvalue weighted by molar-refractivity contribution is -0.138. The first-order valence-electron chi connectivity index (χ1n) is 31.7. The van der Waals surface area contributed by atoms with Crippen LogP contribution < -0.4 is 14.2 Å². The van der Waals surface area contributed by atoms with Gasteiger partial charge in [-0.2, -0.15) is 0 Å². The van der Waals surface area contributed by atoms with E-state index in [1.165, 1.54) is 34.9 Å². The molecule has 94 heavy (non-hydrogen) atoms. The maximum atomic E-state index is 10.5. The van der Waals surface area contributed by atoms with E-state index in [-0.39, 0.29) is 52.1 Å². The molecule has 0 amide bonds. The van der Waals surface area contributed by atoms with Crippen molar-refractivity contribution in [2.75, 3.05) is 47.8 Å². The minimum absolute atomic E-state index is 0.0465. The third-order valence-corrected chi connectivity index (χ3v) is 14.3. The summed E-state index contributed by atoms with van der Waals surface area (Å²) in [4.78, 5) is 82.6. The maximum absolute atomic E-state index is 10.5. The molecule has 512 valence electrons. The lowest BCUT2D eigenvalue weighted by atomic mass is 10.0. The van der Waals surface area contributed by atoms with E-state index in [1.54, 1.807) is 26.4 Å². The van der Waals surface area contributed by atoms with Crippen LogP contribution in [-0.4, -0.2) is 138 Å². The molecule has 0 aromatic heterocycles. The van der Waals surface area contributed by atoms with Crippen LogP contribution in [0.4, 0.5) is 0 Å². The van der Waals surface area contributed by atoms with Crippen LogP contribution in [0.15, 0.2) is 127 Å². The summed E-state index contributed by atoms with van der Waals surface area (Å²) < 4.78 is 15.8. The van der Waals surface area contributed by atoms with Crippen molar-refractivity contribution in [2.24, 2.45) is 0 Å². The van der Waals surface area contributed by atoms with Gasteiger partial charge in [0.05, 0.1) is 21.3 Å². The van der Waals surface area contributed by atoms with Gasteiger partial charge in [-0.3, -0.25) is 19.2 Å². The van der Waals surface area contributed by atoms with E-state index in [2.05, 4.69) is 30.3 Å². The van der Waals surface area contributed by atoms with Crippen LogP contribution in [0.1, 0.15) is 144 Å². The molecule has 0 saturated heterocycles. The fourth-order valence-corrected chi connectivity index (χ4v) is 9.08. The lowest BCUT2D eigenvalue weighted by Gasteiger charge is -2.10. The van der Waals surface area contributed by atoms with Crippen molar-refractivity contribution < 1.29 is 93.4 Å². The van der Waals surface area contributed by atoms with Gasteiger partial charge in [-0.1, -0.05) is 109 Å². The SMILES string of the molecule is COc1cc(CCC(=O)O)ccc1CCC(=O)O.COc1cc(CCC=O)ccc1CCC=O.COc1cc(CCCO)ccc1CCCO.O=C(O)CCc1ccc(CCC(=O)O)cc1.O=CCCc1ccc(CCC=O)cc1.OCCCc1ccc(CCCO)cc1. The van der Waals surface area contributed by atoms with Gasteiger partial charge in [0.25, 0.3) is 0 Å². The Labute approximate surface area is 553 Å². The van der Waals surface area contributed by atoms with Crippen molar-refractivity contribution in [1.82, 2.24) is 0 Å². The molecule has 19 heteroatoms. The van der Waals surface area contributed by atoms with Crippen LogP contribution in [0.25, 0.3) is 0 Å². The van der Waals surface area contributed by atoms with E-state index < -0.39 is 23.9 Å². The number of hydrogen-bond donors (Lipinski definition) is 8. The normalized spacial score (nSPS) is 10.1. The van der Waals surface area contributed by atoms with Crippen LogP contribution >= 0.6 is 0 Å². The zero-order chi connectivity index (χ0) is 69.6. The Balaban J connectivity index is 0.000000565. The summed E-state index contributed by atoms with van der Waals surface area (Å²) in [6.07, 6.45) is 17.9. The van der Waals surface area contributed by atoms with Crippen molar-refractivity contribution in [2.45, 2.75) is 154 Å². The standard InChI is InChI=1S/C13H16O5.C13H20O3.C13H16O3.C12H14O4.C12H18O2.C12H14O2/c1-18-11-8-9(3-6-12(14)15)2-4-10(11)5-7-13(16)17;2*1-16-13-10-11(4-2-8-14)6-7-12(13)5-3-9-15;13-11(14)7-5-9-1-2-10(4-3-9)6-8-12(15)16;2*13-9-1-3-11-5-7-12(8-6-11)4-2-10-14/h2,4,8H,3,5-7H2,1H3,(H,14,15)(H,16,17);6-7,10,14-15H,2-5,8-9H2,1H3;6-10H,2-5H2,1H3;1-4H,5-8H2,(H,13,14)(H,15,16);5-8,13-14H,1-4,9-10H2;5-10H,1-4H2. The summed E-state index contributed by atoms with van der Waals surface area (Å²) in [6, 6.07) is 41.2. The molecule has 0 fully saturated rings. The number of rotatable bonds is 39. The van der Waals surface area contributed by atoms with Crippen molar-refractivity contribution in [3.63, 3.8) is 0 Å². The molecule has 8 N–H and O–H groups in total. The second-order valence-corrected chi connectivity index (χ2v) is 21.6. The molecule has 0 bridgehead atoms. The van der Waals surface area contributed by atoms with Crippen LogP contribution in [0.3, 0.4) is 0 Å². The Kier molecular flexibility index (Phi) is 47.4. The van der Waals surface area contributed by atoms with E-state index in [0.29, 0.717) is 63.5 Å². The number of aliphatic carboxylic acids is 4. The highest BCUT2D eigenvalue weighted by Gasteiger charge is 2.10. The van der Waals surface area contributed by atoms with Gasteiger partial charge in [-0.25, -0.2) is 0 Å². The number of benzene rings is 6. The Hall–Kier alpha value is -8.88. The molecule has 6 aromatic rings. The topological polar surface area (TPSA) is 326 Å². The van der Waals surface area contributed by atoms with Crippen molar-refractivity contribution in [1.29, 1.82) is 0 Å². The summed E-state index contributed by atoms with van der Waals surface area (Å²) in [5, 5.41) is 69.2. The predicted molar refractivity (Wildman–Crippen MR) is 361 cm³/mol. The van der Waals surface area contributed by atoms with Gasteiger partial charge in [-0.15, -0.1) is 0 Å². The number of carboxylic acids is 4. The Bertz CT molecular complexity index is 2970. The lowest BCUT2D eigenvalue weighted by Crippen LogP contribution is -2.01. The van der Waals surface area contributed by atoms with E-state index >= 15 is 0 Å². The van der Waals surface area contributed by atoms with E-state index in [9.17, 15) is 38.4 Å². The molecule has 0 atom stereocenters. The maximum Gasteiger partial charge on any atom is 0.303 e. The highest BCUT2D eigenvalue weighted by Crippen LogP contribution is 2.25. The highest BCUT2D eigenvalue weighted by molar-refractivity contribution is 5.68. The molecule has 0 aliphatic carbocycles. The molecule has 0 saturated carbocycles. The van der Waals surface area contributed by atoms with Gasteiger partial charge >= 0.3 is 23.9 Å². The van der Waals surface area contributed by atoms with E-state index in [4.69, 9.17) is 55.1 Å². The molecular formula is C75H98O19. The summed E-state index contributed by atoms with van der Waals surface area (Å²) in [7, 11) is 4.79. The molecule has 0 unspecified atom stereocenters. The van der Waals surface area contributed by atoms with Gasteiger partial charge < -0.3 is 74.2 Å². The summed E-state index contributed by atoms with van der Waals surface area (Å²) in [5.41, 5.74) is 12.9. The van der Waals surface area contributed by atoms with E-state index in [1.807, 2.05) is 84.9 Å². The molecule has 19 nitrogen and oxygen atoms in total. The molecule has 6 rings (SSSR count). The van der Waals surface area contributed by atoms with Crippen molar-refractivity contribution in [3.05, 3.63) is 194 Å². The van der Waals surface area contributed by atoms with Gasteiger partial charge in [0, 0.05) is 77.8 Å². The van der Waals surface area contributed by atoms with Crippen molar-refractivity contribution >= 4 is 49.0 Å². The van der Waals surface area contributed by atoms with Crippen LogP contribution in [0, 0.1) is 0 Å². The predicted octanol–water partition coefficient (Wildman–Crippen LogP) is 10.4. The number of ether oxygens (including phenoxy) is 3. The summed E-state index contributed by atoms with van der Waals surface area (Å²) in [5.74, 6) is -1.03. The van der Waals surface area contributed by atoms with Crippen LogP contribution in [0.5, 0.6) is 17.2 Å². The Morgan fingerprint density at radius 1 is 0.287 bits per heavy atom. The van der Waals surface area contributed by atoms with Crippen LogP contribution in [-0.2, 0) is 115 Å². The third-order valence-electron chi connectivity index (χ3n) is 14.3. The highest BCUT2D eigenvalue weighted by atomic mass is 16.5. The molecule has 0 spiro atoms. The average Bonchev–Trinajstić information content (AvgIpc) is 1.14. The number of aliphatic hydroxyl groups is 4. The monoisotopic (exact) mass is 1300 g/mol. The van der Waals surface area contributed by atoms with Crippen molar-refractivity contribution in [3.8, 4) is 17.2 Å². The number of carboxylic acid groups (broad SMARTS) is 4. The summed E-state index contributed by atoms with van der Waals surface area (Å²) in [6.45, 7) is 0.933. The second kappa shape index (κ2) is 53.6. The van der Waals surface area contributed by atoms with E-state index in [0.717, 1.165) is 146 Å². The van der Waals surface area contributed by atoms with Gasteiger partial charge in [-0.05, 0) is 188 Å². The quantitative estimate of drug-likeness (QED) is 0.0166. The number of carbonyl (C=O) groups excluding carboxylic acids is 4. The number of aldehydes is 4. The first-order chi connectivity index (χ1) is 45.5. The molecule has 0 radical (unpaired) electrons. The van der Waals surface area contributed by atoms with Crippen LogP contribution in [0.2, 0.25) is 0 Å². The number of methoxy groups -OCH3 is 3. The minimum Gasteiger partial charge on any atom is -0.496 e. The van der Waals surface area contributed by atoms with Gasteiger partial charge in [0.1, 0.15) is 42.4 Å². The van der Waals surface area contributed by atoms with Gasteiger partial charge in [0.2, 0.25) is 0 Å². The first-order valence-corrected chi connectivity index (χ1v) is 31.7.